The molecule has 3 rings (SSSR count). The molecule has 0 aliphatic carbocycles. The SMILES string of the molecule is CN(CCNc1ccc2ncc(-c3ccccc3F)n2n1)C(=O)OC(C)(C)C. The molecule has 7 nitrogen and oxygen atoms in total. The molecule has 8 heteroatoms. The summed E-state index contributed by atoms with van der Waals surface area (Å²) in [5, 5.41) is 7.66. The average molecular weight is 385 g/mol. The van der Waals surface area contributed by atoms with E-state index in [1.165, 1.54) is 11.0 Å². The zero-order valence-corrected chi connectivity index (χ0v) is 16.4. The van der Waals surface area contributed by atoms with Crippen LogP contribution in [0.15, 0.2) is 42.6 Å². The van der Waals surface area contributed by atoms with Gasteiger partial charge in [0.05, 0.1) is 11.9 Å². The average Bonchev–Trinajstić information content (AvgIpc) is 3.03. The van der Waals surface area contributed by atoms with Gasteiger partial charge in [0.1, 0.15) is 17.2 Å². The van der Waals surface area contributed by atoms with E-state index in [0.29, 0.717) is 35.8 Å². The molecule has 1 aromatic carbocycles. The van der Waals surface area contributed by atoms with Gasteiger partial charge in [-0.3, -0.25) is 0 Å². The molecule has 148 valence electrons. The van der Waals surface area contributed by atoms with Gasteiger partial charge in [0.25, 0.3) is 0 Å². The predicted molar refractivity (Wildman–Crippen MR) is 106 cm³/mol. The summed E-state index contributed by atoms with van der Waals surface area (Å²) in [4.78, 5) is 17.8. The minimum atomic E-state index is -0.532. The third kappa shape index (κ3) is 4.57. The lowest BCUT2D eigenvalue weighted by atomic mass is 10.1. The highest BCUT2D eigenvalue weighted by Gasteiger charge is 2.19. The van der Waals surface area contributed by atoms with Gasteiger partial charge in [-0.15, -0.1) is 5.10 Å². The van der Waals surface area contributed by atoms with Crippen LogP contribution in [0.5, 0.6) is 0 Å². The number of imidazole rings is 1. The van der Waals surface area contributed by atoms with E-state index < -0.39 is 5.60 Å². The largest absolute Gasteiger partial charge is 0.444 e. The first-order valence-corrected chi connectivity index (χ1v) is 9.02. The smallest absolute Gasteiger partial charge is 0.410 e. The number of hydrogen-bond donors (Lipinski definition) is 1. The summed E-state index contributed by atoms with van der Waals surface area (Å²) < 4.78 is 21.0. The first-order valence-electron chi connectivity index (χ1n) is 9.02. The second-order valence-electron chi connectivity index (χ2n) is 7.44. The van der Waals surface area contributed by atoms with Crippen LogP contribution in [-0.4, -0.2) is 51.3 Å². The maximum absolute atomic E-state index is 14.1. The molecular weight excluding hydrogens is 361 g/mol. The highest BCUT2D eigenvalue weighted by atomic mass is 19.1. The molecule has 0 unspecified atom stereocenters. The lowest BCUT2D eigenvalue weighted by Gasteiger charge is -2.24. The van der Waals surface area contributed by atoms with Crippen LogP contribution in [0.3, 0.4) is 0 Å². The van der Waals surface area contributed by atoms with Crippen molar-refractivity contribution < 1.29 is 13.9 Å². The molecule has 1 amide bonds. The number of aromatic nitrogens is 3. The summed E-state index contributed by atoms with van der Waals surface area (Å²) in [6.07, 6.45) is 1.22. The Hall–Kier alpha value is -3.16. The van der Waals surface area contributed by atoms with Crippen molar-refractivity contribution in [3.63, 3.8) is 0 Å². The minimum absolute atomic E-state index is 0.330. The van der Waals surface area contributed by atoms with Crippen molar-refractivity contribution in [1.82, 2.24) is 19.5 Å². The number of nitrogens with one attached hydrogen (secondary N) is 1. The molecule has 0 fully saturated rings. The number of nitrogens with zero attached hydrogens (tertiary/aromatic N) is 4. The Morgan fingerprint density at radius 1 is 1.25 bits per heavy atom. The molecule has 0 saturated carbocycles. The summed E-state index contributed by atoms with van der Waals surface area (Å²) >= 11 is 0. The number of benzene rings is 1. The molecule has 0 aliphatic heterocycles. The molecule has 0 saturated heterocycles. The lowest BCUT2D eigenvalue weighted by molar-refractivity contribution is 0.0305. The molecular formula is C20H24FN5O2. The van der Waals surface area contributed by atoms with E-state index in [2.05, 4.69) is 15.4 Å². The van der Waals surface area contributed by atoms with Crippen LogP contribution in [0.4, 0.5) is 15.0 Å². The fourth-order valence-electron chi connectivity index (χ4n) is 2.60. The van der Waals surface area contributed by atoms with E-state index in [9.17, 15) is 9.18 Å². The van der Waals surface area contributed by atoms with Gasteiger partial charge in [-0.25, -0.2) is 18.7 Å². The number of rotatable bonds is 5. The van der Waals surface area contributed by atoms with Crippen LogP contribution in [0.25, 0.3) is 16.9 Å². The molecule has 0 radical (unpaired) electrons. The van der Waals surface area contributed by atoms with Gasteiger partial charge in [-0.1, -0.05) is 12.1 Å². The fourth-order valence-corrected chi connectivity index (χ4v) is 2.60. The van der Waals surface area contributed by atoms with E-state index in [0.717, 1.165) is 0 Å². The van der Waals surface area contributed by atoms with Crippen LogP contribution >= 0.6 is 0 Å². The Morgan fingerprint density at radius 2 is 2.00 bits per heavy atom. The van der Waals surface area contributed by atoms with Gasteiger partial charge in [-0.05, 0) is 45.0 Å². The summed E-state index contributed by atoms with van der Waals surface area (Å²) in [5.74, 6) is 0.268. The van der Waals surface area contributed by atoms with Crippen LogP contribution in [0.1, 0.15) is 20.8 Å². The molecule has 0 spiro atoms. The summed E-state index contributed by atoms with van der Waals surface area (Å²) in [6, 6.07) is 10.1. The van der Waals surface area contributed by atoms with Gasteiger partial charge in [0.2, 0.25) is 0 Å². The Kier molecular flexibility index (Phi) is 5.48. The molecule has 0 atom stereocenters. The number of fused-ring (bicyclic) bond motifs is 1. The van der Waals surface area contributed by atoms with E-state index >= 15 is 0 Å². The fraction of sp³-hybridized carbons (Fsp3) is 0.350. The van der Waals surface area contributed by atoms with E-state index in [1.54, 1.807) is 48.1 Å². The number of carbonyl (C=O) groups excluding carboxylic acids is 1. The highest BCUT2D eigenvalue weighted by molar-refractivity contribution is 5.67. The summed E-state index contributed by atoms with van der Waals surface area (Å²) in [5.41, 5.74) is 1.09. The van der Waals surface area contributed by atoms with Gasteiger partial charge in [-0.2, -0.15) is 0 Å². The zero-order valence-electron chi connectivity index (χ0n) is 16.4. The van der Waals surface area contributed by atoms with Crippen molar-refractivity contribution in [3.8, 4) is 11.3 Å². The second kappa shape index (κ2) is 7.84. The maximum atomic E-state index is 14.1. The molecule has 2 aromatic heterocycles. The molecule has 2 heterocycles. The van der Waals surface area contributed by atoms with Crippen molar-refractivity contribution in [2.45, 2.75) is 26.4 Å². The van der Waals surface area contributed by atoms with Crippen molar-refractivity contribution in [2.24, 2.45) is 0 Å². The second-order valence-corrected chi connectivity index (χ2v) is 7.44. The first-order chi connectivity index (χ1) is 13.2. The van der Waals surface area contributed by atoms with Crippen molar-refractivity contribution in [2.75, 3.05) is 25.5 Å². The van der Waals surface area contributed by atoms with E-state index in [4.69, 9.17) is 4.74 Å². The Balaban J connectivity index is 1.69. The van der Waals surface area contributed by atoms with Gasteiger partial charge < -0.3 is 15.0 Å². The van der Waals surface area contributed by atoms with Crippen LogP contribution in [0.2, 0.25) is 0 Å². The maximum Gasteiger partial charge on any atom is 0.410 e. The zero-order chi connectivity index (χ0) is 20.3. The van der Waals surface area contributed by atoms with E-state index in [1.807, 2.05) is 20.8 Å². The molecule has 3 aromatic rings. The van der Waals surface area contributed by atoms with Crippen LogP contribution in [-0.2, 0) is 4.74 Å². The molecule has 0 aliphatic rings. The standard InChI is InChI=1S/C20H24FN5O2/c1-20(2,3)28-19(27)25(4)12-11-22-17-9-10-18-23-13-16(26(18)24-17)14-7-5-6-8-15(14)21/h5-10,13H,11-12H2,1-4H3,(H,22,24). The molecule has 28 heavy (non-hydrogen) atoms. The van der Waals surface area contributed by atoms with Crippen molar-refractivity contribution in [1.29, 1.82) is 0 Å². The number of halogens is 1. The minimum Gasteiger partial charge on any atom is -0.444 e. The Bertz CT molecular complexity index is 980. The van der Waals surface area contributed by atoms with Gasteiger partial charge >= 0.3 is 6.09 Å². The number of hydrogen-bond acceptors (Lipinski definition) is 5. The van der Waals surface area contributed by atoms with Gasteiger partial charge in [0, 0.05) is 25.7 Å². The number of amides is 1. The highest BCUT2D eigenvalue weighted by Crippen LogP contribution is 2.23. The Morgan fingerprint density at radius 3 is 2.71 bits per heavy atom. The Labute approximate surface area is 163 Å². The normalized spacial score (nSPS) is 11.5. The van der Waals surface area contributed by atoms with Crippen LogP contribution in [0, 0.1) is 5.82 Å². The number of likely N-dealkylation sites (N-methyl/N-ethyl adjacent to an activating group) is 1. The van der Waals surface area contributed by atoms with Crippen molar-refractivity contribution >= 4 is 17.6 Å². The van der Waals surface area contributed by atoms with Crippen molar-refractivity contribution in [3.05, 3.63) is 48.4 Å². The van der Waals surface area contributed by atoms with Crippen LogP contribution < -0.4 is 5.32 Å². The quantitative estimate of drug-likeness (QED) is 0.723. The topological polar surface area (TPSA) is 71.8 Å². The lowest BCUT2D eigenvalue weighted by Crippen LogP contribution is -2.36. The number of carbonyl (C=O) groups is 1. The number of ether oxygens (including phenoxy) is 1. The van der Waals surface area contributed by atoms with Gasteiger partial charge in [0.15, 0.2) is 5.65 Å². The summed E-state index contributed by atoms with van der Waals surface area (Å²) in [6.45, 7) is 6.41. The first kappa shape index (κ1) is 19.6. The third-order valence-corrected chi connectivity index (χ3v) is 3.97. The monoisotopic (exact) mass is 385 g/mol. The molecule has 1 N–H and O–H groups in total. The predicted octanol–water partition coefficient (Wildman–Crippen LogP) is 3.81. The molecule has 0 bridgehead atoms. The number of anilines is 1. The van der Waals surface area contributed by atoms with E-state index in [-0.39, 0.29) is 11.9 Å². The third-order valence-electron chi connectivity index (χ3n) is 3.97. The summed E-state index contributed by atoms with van der Waals surface area (Å²) in [7, 11) is 1.68.